The van der Waals surface area contributed by atoms with E-state index in [2.05, 4.69) is 31.4 Å². The number of carbonyl (C=O) groups is 2. The van der Waals surface area contributed by atoms with Gasteiger partial charge in [-0.05, 0) is 42.9 Å². The molecule has 1 saturated carbocycles. The molecule has 4 nitrogen and oxygen atoms in total. The first-order valence-corrected chi connectivity index (χ1v) is 8.99. The molecule has 2 N–H and O–H groups in total. The van der Waals surface area contributed by atoms with Crippen LogP contribution in [0.25, 0.3) is 0 Å². The van der Waals surface area contributed by atoms with Gasteiger partial charge < -0.3 is 10.6 Å². The molecule has 0 aromatic heterocycles. The average molecular weight is 330 g/mol. The van der Waals surface area contributed by atoms with Crippen molar-refractivity contribution in [3.8, 4) is 0 Å². The first kappa shape index (κ1) is 18.5. The van der Waals surface area contributed by atoms with Gasteiger partial charge in [0.1, 0.15) is 6.04 Å². The monoisotopic (exact) mass is 330 g/mol. The van der Waals surface area contributed by atoms with E-state index >= 15 is 0 Å². The van der Waals surface area contributed by atoms with Crippen LogP contribution in [0.5, 0.6) is 0 Å². The van der Waals surface area contributed by atoms with Gasteiger partial charge in [0.25, 0.3) is 5.91 Å². The number of rotatable bonds is 4. The molecule has 24 heavy (non-hydrogen) atoms. The standard InChI is InChI=1S/C20H30N2O2/c1-14(18(23)22-17-8-6-5-7-9-17)21-19(24)15-10-12-16(13-11-15)20(2,3)4/h10-14,17H,5-9H2,1-4H3,(H,21,24)(H,22,23). The van der Waals surface area contributed by atoms with E-state index in [1.807, 2.05) is 24.3 Å². The summed E-state index contributed by atoms with van der Waals surface area (Å²) in [5, 5.41) is 5.84. The summed E-state index contributed by atoms with van der Waals surface area (Å²) < 4.78 is 0. The van der Waals surface area contributed by atoms with Crippen molar-refractivity contribution < 1.29 is 9.59 Å². The van der Waals surface area contributed by atoms with Gasteiger partial charge in [0.05, 0.1) is 0 Å². The first-order chi connectivity index (χ1) is 11.3. The fraction of sp³-hybridized carbons (Fsp3) is 0.600. The van der Waals surface area contributed by atoms with Crippen LogP contribution >= 0.6 is 0 Å². The summed E-state index contributed by atoms with van der Waals surface area (Å²) in [4.78, 5) is 24.6. The van der Waals surface area contributed by atoms with Crippen molar-refractivity contribution >= 4 is 11.8 Å². The Bertz CT molecular complexity index is 566. The van der Waals surface area contributed by atoms with Gasteiger partial charge in [0.15, 0.2) is 0 Å². The summed E-state index contributed by atoms with van der Waals surface area (Å²) in [5.74, 6) is -0.302. The van der Waals surface area contributed by atoms with E-state index < -0.39 is 6.04 Å². The molecule has 0 bridgehead atoms. The fourth-order valence-corrected chi connectivity index (χ4v) is 3.04. The molecule has 1 aliphatic rings. The minimum Gasteiger partial charge on any atom is -0.352 e. The Kier molecular flexibility index (Phi) is 6.03. The van der Waals surface area contributed by atoms with Crippen LogP contribution in [0.4, 0.5) is 0 Å². The molecule has 0 radical (unpaired) electrons. The van der Waals surface area contributed by atoms with E-state index in [0.717, 1.165) is 12.8 Å². The number of amides is 2. The predicted molar refractivity (Wildman–Crippen MR) is 97.1 cm³/mol. The Morgan fingerprint density at radius 3 is 2.17 bits per heavy atom. The smallest absolute Gasteiger partial charge is 0.251 e. The van der Waals surface area contributed by atoms with Crippen molar-refractivity contribution in [2.75, 3.05) is 0 Å². The molecule has 1 aliphatic carbocycles. The molecule has 0 spiro atoms. The SMILES string of the molecule is CC(NC(=O)c1ccc(C(C)(C)C)cc1)C(=O)NC1CCCCC1. The second-order valence-electron chi connectivity index (χ2n) is 7.87. The topological polar surface area (TPSA) is 58.2 Å². The van der Waals surface area contributed by atoms with Gasteiger partial charge in [0, 0.05) is 11.6 Å². The number of benzene rings is 1. The summed E-state index contributed by atoms with van der Waals surface area (Å²) in [6.45, 7) is 8.15. The zero-order valence-electron chi connectivity index (χ0n) is 15.3. The molecule has 132 valence electrons. The molecule has 1 atom stereocenters. The van der Waals surface area contributed by atoms with Gasteiger partial charge in [-0.3, -0.25) is 9.59 Å². The summed E-state index contributed by atoms with van der Waals surface area (Å²) >= 11 is 0. The Balaban J connectivity index is 1.89. The molecule has 0 aliphatic heterocycles. The van der Waals surface area contributed by atoms with Gasteiger partial charge in [0.2, 0.25) is 5.91 Å². The maximum absolute atomic E-state index is 12.3. The molecule has 0 saturated heterocycles. The molecule has 2 rings (SSSR count). The number of carbonyl (C=O) groups excluding carboxylic acids is 2. The Hall–Kier alpha value is -1.84. The van der Waals surface area contributed by atoms with Crippen LogP contribution in [0.1, 0.15) is 75.7 Å². The van der Waals surface area contributed by atoms with E-state index in [-0.39, 0.29) is 23.3 Å². The molecular weight excluding hydrogens is 300 g/mol. The Morgan fingerprint density at radius 1 is 1.04 bits per heavy atom. The van der Waals surface area contributed by atoms with Crippen molar-refractivity contribution in [3.05, 3.63) is 35.4 Å². The lowest BCUT2D eigenvalue weighted by Gasteiger charge is -2.24. The highest BCUT2D eigenvalue weighted by molar-refractivity contribution is 5.97. The fourth-order valence-electron chi connectivity index (χ4n) is 3.04. The van der Waals surface area contributed by atoms with E-state index in [1.54, 1.807) is 6.92 Å². The van der Waals surface area contributed by atoms with Gasteiger partial charge >= 0.3 is 0 Å². The van der Waals surface area contributed by atoms with Crippen molar-refractivity contribution in [1.82, 2.24) is 10.6 Å². The van der Waals surface area contributed by atoms with E-state index in [0.29, 0.717) is 5.56 Å². The first-order valence-electron chi connectivity index (χ1n) is 8.99. The molecule has 0 heterocycles. The summed E-state index contributed by atoms with van der Waals surface area (Å²) in [5.41, 5.74) is 1.82. The minimum atomic E-state index is -0.526. The van der Waals surface area contributed by atoms with Crippen molar-refractivity contribution in [2.24, 2.45) is 0 Å². The molecule has 1 fully saturated rings. The third kappa shape index (κ3) is 5.08. The highest BCUT2D eigenvalue weighted by Crippen LogP contribution is 2.22. The Labute approximate surface area is 145 Å². The van der Waals surface area contributed by atoms with Crippen molar-refractivity contribution in [2.45, 2.75) is 77.3 Å². The summed E-state index contributed by atoms with van der Waals surface area (Å²) in [7, 11) is 0. The lowest BCUT2D eigenvalue weighted by atomic mass is 9.86. The molecular formula is C20H30N2O2. The van der Waals surface area contributed by atoms with Gasteiger partial charge in [-0.2, -0.15) is 0 Å². The third-order valence-electron chi connectivity index (χ3n) is 4.71. The zero-order chi connectivity index (χ0) is 17.7. The molecule has 2 amide bonds. The highest BCUT2D eigenvalue weighted by Gasteiger charge is 2.21. The zero-order valence-corrected chi connectivity index (χ0v) is 15.3. The molecule has 4 heteroatoms. The van der Waals surface area contributed by atoms with Gasteiger partial charge in [-0.25, -0.2) is 0 Å². The minimum absolute atomic E-state index is 0.0577. The predicted octanol–water partition coefficient (Wildman–Crippen LogP) is 3.55. The number of hydrogen-bond acceptors (Lipinski definition) is 2. The molecule has 1 aromatic rings. The molecule has 1 aromatic carbocycles. The Morgan fingerprint density at radius 2 is 1.62 bits per heavy atom. The van der Waals surface area contributed by atoms with Gasteiger partial charge in [-0.15, -0.1) is 0 Å². The van der Waals surface area contributed by atoms with Crippen LogP contribution in [0, 0.1) is 0 Å². The highest BCUT2D eigenvalue weighted by atomic mass is 16.2. The maximum atomic E-state index is 12.3. The molecule has 1 unspecified atom stereocenters. The lowest BCUT2D eigenvalue weighted by Crippen LogP contribution is -2.48. The largest absolute Gasteiger partial charge is 0.352 e. The third-order valence-corrected chi connectivity index (χ3v) is 4.71. The van der Waals surface area contributed by atoms with Crippen LogP contribution in [0.2, 0.25) is 0 Å². The van der Waals surface area contributed by atoms with Crippen LogP contribution in [-0.2, 0) is 10.2 Å². The second kappa shape index (κ2) is 7.82. The quantitative estimate of drug-likeness (QED) is 0.887. The van der Waals surface area contributed by atoms with Crippen molar-refractivity contribution in [1.29, 1.82) is 0 Å². The maximum Gasteiger partial charge on any atom is 0.251 e. The van der Waals surface area contributed by atoms with E-state index in [9.17, 15) is 9.59 Å². The van der Waals surface area contributed by atoms with E-state index in [1.165, 1.54) is 24.8 Å². The lowest BCUT2D eigenvalue weighted by molar-refractivity contribution is -0.123. The summed E-state index contributed by atoms with van der Waals surface area (Å²) in [6, 6.07) is 7.32. The van der Waals surface area contributed by atoms with Crippen LogP contribution in [-0.4, -0.2) is 23.9 Å². The number of hydrogen-bond donors (Lipinski definition) is 2. The van der Waals surface area contributed by atoms with Gasteiger partial charge in [-0.1, -0.05) is 52.2 Å². The van der Waals surface area contributed by atoms with Crippen molar-refractivity contribution in [3.63, 3.8) is 0 Å². The summed E-state index contributed by atoms with van der Waals surface area (Å²) in [6.07, 6.45) is 5.68. The van der Waals surface area contributed by atoms with Crippen LogP contribution in [0.3, 0.4) is 0 Å². The van der Waals surface area contributed by atoms with Crippen LogP contribution < -0.4 is 10.6 Å². The normalized spacial score (nSPS) is 17.2. The number of nitrogens with one attached hydrogen (secondary N) is 2. The van der Waals surface area contributed by atoms with E-state index in [4.69, 9.17) is 0 Å². The second-order valence-corrected chi connectivity index (χ2v) is 7.87. The van der Waals surface area contributed by atoms with Crippen LogP contribution in [0.15, 0.2) is 24.3 Å². The average Bonchev–Trinajstić information content (AvgIpc) is 2.55.